The summed E-state index contributed by atoms with van der Waals surface area (Å²) in [5, 5.41) is 5.77. The molecule has 0 spiro atoms. The number of unbranched alkanes of at least 4 members (excludes halogenated alkanes) is 1. The van der Waals surface area contributed by atoms with Crippen molar-refractivity contribution in [1.29, 1.82) is 0 Å². The van der Waals surface area contributed by atoms with E-state index in [1.165, 1.54) is 45.7 Å². The molecule has 0 aliphatic heterocycles. The molecule has 1 heterocycles. The van der Waals surface area contributed by atoms with E-state index in [1.54, 1.807) is 12.2 Å². The van der Waals surface area contributed by atoms with Crippen molar-refractivity contribution in [3.8, 4) is 16.9 Å². The standard InChI is InChI=1S/C35H28O2.C10H10.C4H10/c1-3-10-27(36-33-15-8-4-11-24(33)2)20-17-25-18-21-29(30-13-6-5-12-28(25)30)26-19-22-35-32(23-26)31-14-7-9-16-34(31)37-35;1-3-6-10-8-5-4-7-9(10)2;1-3-4-2/h3-8,10-15,17-23H,1,9,16H2,2H3;3-8H,1-2H2;3-4H2,1-2H3/b20-17-,27-10+;10-6-;. The second kappa shape index (κ2) is 18.2. The van der Waals surface area contributed by atoms with E-state index in [9.17, 15) is 0 Å². The Labute approximate surface area is 303 Å². The Hall–Kier alpha value is -5.86. The van der Waals surface area contributed by atoms with Crippen LogP contribution in [0.3, 0.4) is 0 Å². The van der Waals surface area contributed by atoms with Gasteiger partial charge in [-0.2, -0.15) is 0 Å². The van der Waals surface area contributed by atoms with E-state index in [0.717, 1.165) is 57.3 Å². The van der Waals surface area contributed by atoms with E-state index in [4.69, 9.17) is 9.15 Å². The van der Waals surface area contributed by atoms with Gasteiger partial charge in [0.05, 0.1) is 0 Å². The quantitative estimate of drug-likeness (QED) is 0.119. The highest BCUT2D eigenvalue weighted by Gasteiger charge is 2.16. The van der Waals surface area contributed by atoms with Crippen molar-refractivity contribution in [2.24, 2.45) is 0 Å². The molecular weight excluding hydrogens is 621 g/mol. The Bertz CT molecular complexity index is 2320. The topological polar surface area (TPSA) is 22.4 Å². The first kappa shape index (κ1) is 36.4. The van der Waals surface area contributed by atoms with Crippen LogP contribution in [0.2, 0.25) is 0 Å². The summed E-state index contributed by atoms with van der Waals surface area (Å²) in [5.74, 6) is 2.67. The van der Waals surface area contributed by atoms with Gasteiger partial charge in [0.1, 0.15) is 22.9 Å². The third-order valence-electron chi connectivity index (χ3n) is 8.78. The van der Waals surface area contributed by atoms with Crippen molar-refractivity contribution in [3.05, 3.63) is 185 Å². The number of rotatable bonds is 8. The molecule has 0 saturated carbocycles. The van der Waals surface area contributed by atoms with Crippen LogP contribution in [0.15, 0.2) is 157 Å². The molecule has 0 N–H and O–H groups in total. The molecule has 2 nitrogen and oxygen atoms in total. The number of aryl methyl sites for hydroxylation is 2. The normalized spacial score (nSPS) is 12.5. The number of allylic oxidation sites excluding steroid dienone is 5. The molecule has 0 saturated heterocycles. The summed E-state index contributed by atoms with van der Waals surface area (Å²) >= 11 is 0. The van der Waals surface area contributed by atoms with Gasteiger partial charge >= 0.3 is 0 Å². The maximum atomic E-state index is 6.18. The van der Waals surface area contributed by atoms with Crippen molar-refractivity contribution in [3.63, 3.8) is 0 Å². The third-order valence-corrected chi connectivity index (χ3v) is 8.78. The third kappa shape index (κ3) is 9.23. The van der Waals surface area contributed by atoms with Crippen LogP contribution in [-0.2, 0) is 6.42 Å². The molecule has 0 amide bonds. The molecule has 5 aromatic carbocycles. The first-order chi connectivity index (χ1) is 25.0. The number of para-hydroxylation sites is 1. The smallest absolute Gasteiger partial charge is 0.134 e. The summed E-state index contributed by atoms with van der Waals surface area (Å²) in [6.07, 6.45) is 20.5. The van der Waals surface area contributed by atoms with Crippen molar-refractivity contribution >= 4 is 46.5 Å². The zero-order valence-electron chi connectivity index (χ0n) is 30.2. The van der Waals surface area contributed by atoms with Gasteiger partial charge in [-0.05, 0) is 87.2 Å². The van der Waals surface area contributed by atoms with Crippen LogP contribution < -0.4 is 15.2 Å². The van der Waals surface area contributed by atoms with E-state index in [1.807, 2.05) is 73.7 Å². The summed E-state index contributed by atoms with van der Waals surface area (Å²) in [6, 6.07) is 35.5. The van der Waals surface area contributed by atoms with Gasteiger partial charge < -0.3 is 9.15 Å². The van der Waals surface area contributed by atoms with Crippen molar-refractivity contribution in [1.82, 2.24) is 0 Å². The fourth-order valence-electron chi connectivity index (χ4n) is 5.87. The molecule has 7 rings (SSSR count). The summed E-state index contributed by atoms with van der Waals surface area (Å²) in [5.41, 5.74) is 6.81. The highest BCUT2D eigenvalue weighted by Crippen LogP contribution is 2.37. The molecule has 0 bridgehead atoms. The minimum atomic E-state index is 0.737. The number of hydrogen-bond acceptors (Lipinski definition) is 2. The second-order valence-corrected chi connectivity index (χ2v) is 12.4. The second-order valence-electron chi connectivity index (χ2n) is 12.4. The van der Waals surface area contributed by atoms with E-state index in [2.05, 4.69) is 106 Å². The summed E-state index contributed by atoms with van der Waals surface area (Å²) < 4.78 is 12.3. The molecule has 0 fully saturated rings. The molecule has 0 radical (unpaired) electrons. The van der Waals surface area contributed by atoms with Gasteiger partial charge in [-0.3, -0.25) is 0 Å². The Morgan fingerprint density at radius 3 is 2.29 bits per heavy atom. The van der Waals surface area contributed by atoms with Gasteiger partial charge in [0.15, 0.2) is 0 Å². The molecule has 2 heteroatoms. The van der Waals surface area contributed by atoms with Crippen LogP contribution in [0.5, 0.6) is 5.75 Å². The summed E-state index contributed by atoms with van der Waals surface area (Å²) in [6.45, 7) is 17.7. The van der Waals surface area contributed by atoms with E-state index in [0.29, 0.717) is 0 Å². The minimum Gasteiger partial charge on any atom is -0.460 e. The maximum absolute atomic E-state index is 6.18. The molecule has 1 aliphatic rings. The van der Waals surface area contributed by atoms with Crippen LogP contribution in [-0.4, -0.2) is 0 Å². The predicted molar refractivity (Wildman–Crippen MR) is 222 cm³/mol. The lowest BCUT2D eigenvalue weighted by atomic mass is 9.93. The van der Waals surface area contributed by atoms with Crippen LogP contribution in [0.4, 0.5) is 0 Å². The minimum absolute atomic E-state index is 0.737. The molecule has 0 atom stereocenters. The van der Waals surface area contributed by atoms with Gasteiger partial charge in [-0.15, -0.1) is 0 Å². The Balaban J connectivity index is 0.000000303. The Morgan fingerprint density at radius 2 is 1.55 bits per heavy atom. The molecular formula is C49H48O2. The van der Waals surface area contributed by atoms with E-state index in [-0.39, 0.29) is 0 Å². The van der Waals surface area contributed by atoms with Gasteiger partial charge in [-0.1, -0.05) is 168 Å². The maximum Gasteiger partial charge on any atom is 0.134 e. The average Bonchev–Trinajstić information content (AvgIpc) is 3.54. The summed E-state index contributed by atoms with van der Waals surface area (Å²) in [7, 11) is 0. The zero-order valence-corrected chi connectivity index (χ0v) is 30.2. The van der Waals surface area contributed by atoms with Crippen molar-refractivity contribution in [2.45, 2.75) is 46.5 Å². The monoisotopic (exact) mass is 668 g/mol. The van der Waals surface area contributed by atoms with Crippen LogP contribution >= 0.6 is 0 Å². The Kier molecular flexibility index (Phi) is 13.0. The van der Waals surface area contributed by atoms with Gasteiger partial charge in [0.25, 0.3) is 0 Å². The molecule has 1 aliphatic carbocycles. The van der Waals surface area contributed by atoms with Crippen LogP contribution in [0.25, 0.3) is 57.7 Å². The number of fused-ring (bicyclic) bond motifs is 4. The summed E-state index contributed by atoms with van der Waals surface area (Å²) in [4.78, 5) is 0. The van der Waals surface area contributed by atoms with Crippen LogP contribution in [0, 0.1) is 6.92 Å². The molecule has 6 aromatic rings. The SMILES string of the molecule is C=C/C=C(\C=C/c1ccc(-c2ccc3oc4c(c3c2)C=CCC4)c2ccccc12)Oc1ccccc1C.C=C/C=c1/ccccc1=C.CCCC. The highest BCUT2D eigenvalue weighted by molar-refractivity contribution is 6.03. The van der Waals surface area contributed by atoms with Gasteiger partial charge in [0.2, 0.25) is 0 Å². The number of benzene rings is 5. The molecule has 51 heavy (non-hydrogen) atoms. The predicted octanol–water partition coefficient (Wildman–Crippen LogP) is 12.6. The Morgan fingerprint density at radius 1 is 0.804 bits per heavy atom. The number of ether oxygens (including phenoxy) is 1. The van der Waals surface area contributed by atoms with E-state index < -0.39 is 0 Å². The lowest BCUT2D eigenvalue weighted by molar-refractivity contribution is 0.442. The van der Waals surface area contributed by atoms with Crippen molar-refractivity contribution in [2.75, 3.05) is 0 Å². The first-order valence-electron chi connectivity index (χ1n) is 17.8. The zero-order chi connectivity index (χ0) is 36.0. The number of hydrogen-bond donors (Lipinski definition) is 0. The van der Waals surface area contributed by atoms with Gasteiger partial charge in [0, 0.05) is 17.4 Å². The first-order valence-corrected chi connectivity index (χ1v) is 17.8. The van der Waals surface area contributed by atoms with E-state index >= 15 is 0 Å². The highest BCUT2D eigenvalue weighted by atomic mass is 16.5. The average molecular weight is 669 g/mol. The lowest BCUT2D eigenvalue weighted by Crippen LogP contribution is -2.21. The fraction of sp³-hybridized carbons (Fsp3) is 0.143. The van der Waals surface area contributed by atoms with Crippen molar-refractivity contribution < 1.29 is 9.15 Å². The number of furan rings is 1. The van der Waals surface area contributed by atoms with Crippen LogP contribution in [0.1, 0.15) is 55.6 Å². The molecule has 0 unspecified atom stereocenters. The molecule has 256 valence electrons. The molecule has 1 aromatic heterocycles. The van der Waals surface area contributed by atoms with Gasteiger partial charge in [-0.25, -0.2) is 0 Å². The largest absolute Gasteiger partial charge is 0.460 e. The lowest BCUT2D eigenvalue weighted by Gasteiger charge is -2.11. The fourth-order valence-corrected chi connectivity index (χ4v) is 5.87.